The van der Waals surface area contributed by atoms with Crippen molar-refractivity contribution >= 4 is 43.2 Å². The number of imidazole rings is 1. The van der Waals surface area contributed by atoms with Gasteiger partial charge in [0.15, 0.2) is 0 Å². The van der Waals surface area contributed by atoms with Crippen molar-refractivity contribution in [2.75, 3.05) is 0 Å². The molecule has 1 N–H and O–H groups in total. The van der Waals surface area contributed by atoms with E-state index in [0.717, 1.165) is 0 Å². The predicted molar refractivity (Wildman–Crippen MR) is 178 cm³/mol. The van der Waals surface area contributed by atoms with Crippen molar-refractivity contribution in [1.82, 2.24) is 4.23 Å². The Morgan fingerprint density at radius 2 is 0.952 bits per heavy atom. The fraction of sp³-hybridized carbons (Fsp3) is 0.222. The Morgan fingerprint density at radius 1 is 0.595 bits per heavy atom. The zero-order valence-electron chi connectivity index (χ0n) is 25.5. The van der Waals surface area contributed by atoms with Crippen molar-refractivity contribution in [2.24, 2.45) is 0 Å². The molecule has 0 aliphatic carbocycles. The van der Waals surface area contributed by atoms with Gasteiger partial charge in [0, 0.05) is 10.1 Å². The molecule has 0 saturated heterocycles. The molecule has 4 aromatic carbocycles. The van der Waals surface area contributed by atoms with Gasteiger partial charge in [-0.15, -0.1) is 0 Å². The zero-order valence-corrected chi connectivity index (χ0v) is 27.5. The first-order chi connectivity index (χ1) is 20.0. The average molecular weight is 590 g/mol. The van der Waals surface area contributed by atoms with E-state index in [2.05, 4.69) is 159 Å². The highest BCUT2D eigenvalue weighted by atomic mass is 28.3. The van der Waals surface area contributed by atoms with Crippen molar-refractivity contribution in [3.63, 3.8) is 0 Å². The Bertz CT molecular complexity index is 1460. The SMILES string of the molecule is CC(C)(C)[Si](c1ccccc1)(c1ccccc1)n1cc[n+]([Si](c2ccccc2)(c2ccccc2)C(C)(C)C)c1C(=O)O. The molecule has 4 nitrogen and oxygen atoms in total. The number of benzene rings is 4. The lowest BCUT2D eigenvalue weighted by molar-refractivity contribution is -0.547. The van der Waals surface area contributed by atoms with E-state index in [1.807, 2.05) is 24.3 Å². The summed E-state index contributed by atoms with van der Waals surface area (Å²) in [7, 11) is -6.03. The number of carboxylic acid groups (broad SMARTS) is 1. The lowest BCUT2D eigenvalue weighted by atomic mass is 10.2. The molecule has 0 unspecified atom stereocenters. The number of aromatic carboxylic acids is 1. The van der Waals surface area contributed by atoms with Crippen LogP contribution in [-0.2, 0) is 0 Å². The fourth-order valence-electron chi connectivity index (χ4n) is 7.20. The third-order valence-electron chi connectivity index (χ3n) is 8.67. The zero-order chi connectivity index (χ0) is 30.2. The monoisotopic (exact) mass is 589 g/mol. The van der Waals surface area contributed by atoms with Crippen LogP contribution in [0.1, 0.15) is 52.2 Å². The molecule has 42 heavy (non-hydrogen) atoms. The van der Waals surface area contributed by atoms with Crippen LogP contribution in [0.4, 0.5) is 0 Å². The summed E-state index contributed by atoms with van der Waals surface area (Å²) in [5.74, 6) is -0.584. The molecule has 5 aromatic rings. The van der Waals surface area contributed by atoms with E-state index in [9.17, 15) is 9.90 Å². The summed E-state index contributed by atoms with van der Waals surface area (Å²) >= 11 is 0. The topological polar surface area (TPSA) is 46.1 Å². The molecule has 0 spiro atoms. The van der Waals surface area contributed by atoms with Gasteiger partial charge in [-0.2, -0.15) is 0 Å². The normalized spacial score (nSPS) is 12.7. The number of hydrogen-bond acceptors (Lipinski definition) is 1. The first-order valence-corrected chi connectivity index (χ1v) is 18.5. The third kappa shape index (κ3) is 4.50. The summed E-state index contributed by atoms with van der Waals surface area (Å²) < 4.78 is 4.36. The van der Waals surface area contributed by atoms with Gasteiger partial charge in [0.2, 0.25) is 0 Å². The molecule has 0 aliphatic heterocycles. The molecule has 0 saturated carbocycles. The molecule has 0 aliphatic rings. The Balaban J connectivity index is 2.00. The number of aromatic nitrogens is 2. The fourth-order valence-corrected chi connectivity index (χ4v) is 18.3. The second-order valence-electron chi connectivity index (χ2n) is 13.1. The molecular weight excluding hydrogens is 549 g/mol. The Hall–Kier alpha value is -4.01. The van der Waals surface area contributed by atoms with E-state index in [-0.39, 0.29) is 10.1 Å². The third-order valence-corrected chi connectivity index (χ3v) is 19.9. The molecule has 214 valence electrons. The van der Waals surface area contributed by atoms with E-state index < -0.39 is 22.4 Å². The number of nitrogens with zero attached hydrogens (tertiary/aromatic N) is 2. The molecule has 0 fully saturated rings. The van der Waals surface area contributed by atoms with Gasteiger partial charge in [0.1, 0.15) is 12.4 Å². The highest BCUT2D eigenvalue weighted by molar-refractivity contribution is 7.03. The van der Waals surface area contributed by atoms with Gasteiger partial charge in [-0.25, -0.2) is 4.79 Å². The van der Waals surface area contributed by atoms with E-state index >= 15 is 0 Å². The molecule has 0 amide bonds. The summed E-state index contributed by atoms with van der Waals surface area (Å²) in [6.07, 6.45) is 4.14. The minimum absolute atomic E-state index is 0.276. The van der Waals surface area contributed by atoms with Gasteiger partial charge < -0.3 is 5.11 Å². The van der Waals surface area contributed by atoms with Crippen LogP contribution in [0, 0.1) is 0 Å². The van der Waals surface area contributed by atoms with Crippen LogP contribution in [-0.4, -0.2) is 31.8 Å². The number of carboxylic acids is 1. The Labute approximate surface area is 252 Å². The maximum Gasteiger partial charge on any atom is 0.416 e. The number of rotatable bonds is 7. The van der Waals surface area contributed by atoms with Crippen molar-refractivity contribution < 1.29 is 14.1 Å². The quantitative estimate of drug-likeness (QED) is 0.262. The van der Waals surface area contributed by atoms with Gasteiger partial charge in [-0.05, 0) is 20.7 Å². The van der Waals surface area contributed by atoms with Gasteiger partial charge >= 0.3 is 28.3 Å². The van der Waals surface area contributed by atoms with Crippen molar-refractivity contribution in [3.05, 3.63) is 140 Å². The van der Waals surface area contributed by atoms with E-state index in [4.69, 9.17) is 0 Å². The molecule has 1 aromatic heterocycles. The van der Waals surface area contributed by atoms with E-state index in [0.29, 0.717) is 5.82 Å². The van der Waals surface area contributed by atoms with Crippen molar-refractivity contribution in [2.45, 2.75) is 51.6 Å². The van der Waals surface area contributed by atoms with Gasteiger partial charge in [-0.3, -0.25) is 8.47 Å². The minimum atomic E-state index is -3.01. The summed E-state index contributed by atoms with van der Waals surface area (Å²) in [5.41, 5.74) is 0. The van der Waals surface area contributed by atoms with Crippen LogP contribution < -0.4 is 25.0 Å². The summed E-state index contributed by atoms with van der Waals surface area (Å²) in [6, 6.07) is 42.2. The predicted octanol–water partition coefficient (Wildman–Crippen LogP) is 5.29. The van der Waals surface area contributed by atoms with Crippen LogP contribution in [0.3, 0.4) is 0 Å². The van der Waals surface area contributed by atoms with E-state index in [1.54, 1.807) is 0 Å². The highest BCUT2D eigenvalue weighted by Crippen LogP contribution is 2.39. The van der Waals surface area contributed by atoms with Crippen LogP contribution >= 0.6 is 0 Å². The van der Waals surface area contributed by atoms with E-state index in [1.165, 1.54) is 20.7 Å². The van der Waals surface area contributed by atoms with Crippen LogP contribution in [0.15, 0.2) is 134 Å². The van der Waals surface area contributed by atoms with Gasteiger partial charge in [0.05, 0.1) is 0 Å². The maximum absolute atomic E-state index is 13.8. The molecule has 1 heterocycles. The Kier molecular flexibility index (Phi) is 7.73. The maximum atomic E-state index is 13.8. The first-order valence-electron chi connectivity index (χ1n) is 14.6. The van der Waals surface area contributed by atoms with Crippen molar-refractivity contribution in [3.8, 4) is 0 Å². The largest absolute Gasteiger partial charge is 0.472 e. The lowest BCUT2D eigenvalue weighted by Gasteiger charge is -2.42. The first kappa shape index (κ1) is 29.5. The minimum Gasteiger partial charge on any atom is -0.472 e. The molecule has 0 bridgehead atoms. The summed E-state index contributed by atoms with van der Waals surface area (Å²) in [6.45, 7) is 13.6. The van der Waals surface area contributed by atoms with Crippen LogP contribution in [0.25, 0.3) is 0 Å². The average Bonchev–Trinajstić information content (AvgIpc) is 3.40. The smallest absolute Gasteiger partial charge is 0.416 e. The van der Waals surface area contributed by atoms with Crippen molar-refractivity contribution in [1.29, 1.82) is 0 Å². The summed E-state index contributed by atoms with van der Waals surface area (Å²) in [4.78, 5) is 13.8. The highest BCUT2D eigenvalue weighted by Gasteiger charge is 2.62. The molecule has 5 rings (SSSR count). The Morgan fingerprint density at radius 3 is 1.26 bits per heavy atom. The molecule has 0 atom stereocenters. The standard InChI is InChI=1S/C36H40N2O2Si2/c1-35(2,3)41(29-19-11-7-12-20-29,30-21-13-8-14-22-30)37-27-28-38(33(37)34(39)40)42(36(4,5)6,31-23-15-9-16-24-31)32-25-17-10-18-26-32/h7-28H,1-6H3/p+1. The second-order valence-corrected chi connectivity index (χ2v) is 22.2. The lowest BCUT2D eigenvalue weighted by Crippen LogP contribution is -2.84. The molecular formula is C36H41N2O2Si2+. The van der Waals surface area contributed by atoms with Gasteiger partial charge in [-0.1, -0.05) is 163 Å². The summed E-state index contributed by atoms with van der Waals surface area (Å²) in [5, 5.41) is 15.4. The van der Waals surface area contributed by atoms with Gasteiger partial charge in [0.25, 0.3) is 0 Å². The number of carbonyl (C=O) groups is 1. The van der Waals surface area contributed by atoms with Crippen LogP contribution in [0.5, 0.6) is 0 Å². The van der Waals surface area contributed by atoms with Crippen LogP contribution in [0.2, 0.25) is 10.1 Å². The number of hydrogen-bond donors (Lipinski definition) is 1. The molecule has 0 radical (unpaired) electrons. The molecule has 6 heteroatoms. The second kappa shape index (κ2) is 11.0.